The van der Waals surface area contributed by atoms with Gasteiger partial charge in [0.1, 0.15) is 0 Å². The Morgan fingerprint density at radius 3 is 2.62 bits per heavy atom. The lowest BCUT2D eigenvalue weighted by Crippen LogP contribution is -2.18. The Morgan fingerprint density at radius 1 is 1.38 bits per heavy atom. The second-order valence-electron chi connectivity index (χ2n) is 3.85. The molecule has 1 aliphatic rings. The zero-order chi connectivity index (χ0) is 11.5. The molecule has 3 nitrogen and oxygen atoms in total. The Balaban J connectivity index is 2.25. The van der Waals surface area contributed by atoms with E-state index in [2.05, 4.69) is 25.6 Å². The first-order valence-electron chi connectivity index (χ1n) is 5.35. The predicted octanol–water partition coefficient (Wildman–Crippen LogP) is 2.84. The highest BCUT2D eigenvalue weighted by Crippen LogP contribution is 2.30. The van der Waals surface area contributed by atoms with Crippen LogP contribution in [0.15, 0.2) is 22.7 Å². The quantitative estimate of drug-likeness (QED) is 0.782. The molecule has 2 rings (SSSR count). The minimum Gasteiger partial charge on any atom is -0.465 e. The Morgan fingerprint density at radius 2 is 2.06 bits per heavy atom. The van der Waals surface area contributed by atoms with Crippen LogP contribution in [0.5, 0.6) is 0 Å². The second-order valence-corrected chi connectivity index (χ2v) is 4.71. The number of nitrogens with zero attached hydrogens (tertiary/aromatic N) is 1. The summed E-state index contributed by atoms with van der Waals surface area (Å²) in [5, 5.41) is 0. The zero-order valence-corrected chi connectivity index (χ0v) is 10.8. The SMILES string of the molecule is COC(=O)c1ccc(N2CCCC2)c(Br)c1. The molecule has 0 saturated carbocycles. The van der Waals surface area contributed by atoms with E-state index in [1.54, 1.807) is 0 Å². The molecule has 1 heterocycles. The maximum absolute atomic E-state index is 11.3. The summed E-state index contributed by atoms with van der Waals surface area (Å²) in [5.41, 5.74) is 1.74. The summed E-state index contributed by atoms with van der Waals surface area (Å²) in [6.45, 7) is 2.19. The lowest BCUT2D eigenvalue weighted by atomic mass is 10.2. The third-order valence-corrected chi connectivity index (χ3v) is 3.45. The van der Waals surface area contributed by atoms with Gasteiger partial charge in [0.15, 0.2) is 0 Å². The van der Waals surface area contributed by atoms with Gasteiger partial charge in [-0.05, 0) is 47.0 Å². The fraction of sp³-hybridized carbons (Fsp3) is 0.417. The fourth-order valence-electron chi connectivity index (χ4n) is 1.97. The van der Waals surface area contributed by atoms with Crippen molar-refractivity contribution in [3.63, 3.8) is 0 Å². The number of anilines is 1. The van der Waals surface area contributed by atoms with E-state index in [1.165, 1.54) is 20.0 Å². The highest BCUT2D eigenvalue weighted by Gasteiger charge is 2.16. The zero-order valence-electron chi connectivity index (χ0n) is 9.20. The van der Waals surface area contributed by atoms with E-state index < -0.39 is 0 Å². The van der Waals surface area contributed by atoms with Crippen LogP contribution in [0.25, 0.3) is 0 Å². The fourth-order valence-corrected chi connectivity index (χ4v) is 2.60. The van der Waals surface area contributed by atoms with E-state index in [0.717, 1.165) is 23.2 Å². The van der Waals surface area contributed by atoms with Crippen LogP contribution in [0.2, 0.25) is 0 Å². The van der Waals surface area contributed by atoms with Gasteiger partial charge in [-0.25, -0.2) is 4.79 Å². The Bertz CT molecular complexity index is 400. The van der Waals surface area contributed by atoms with Gasteiger partial charge in [-0.1, -0.05) is 0 Å². The molecule has 4 heteroatoms. The van der Waals surface area contributed by atoms with Gasteiger partial charge >= 0.3 is 5.97 Å². The van der Waals surface area contributed by atoms with Crippen LogP contribution in [0.1, 0.15) is 23.2 Å². The van der Waals surface area contributed by atoms with Gasteiger partial charge in [0.05, 0.1) is 18.4 Å². The van der Waals surface area contributed by atoms with Gasteiger partial charge in [0.2, 0.25) is 0 Å². The smallest absolute Gasteiger partial charge is 0.337 e. The molecule has 1 aromatic carbocycles. The van der Waals surface area contributed by atoms with Crippen LogP contribution in [-0.2, 0) is 4.74 Å². The van der Waals surface area contributed by atoms with Crippen molar-refractivity contribution in [2.75, 3.05) is 25.1 Å². The van der Waals surface area contributed by atoms with Crippen molar-refractivity contribution in [2.24, 2.45) is 0 Å². The Labute approximate surface area is 104 Å². The van der Waals surface area contributed by atoms with Crippen molar-refractivity contribution < 1.29 is 9.53 Å². The van der Waals surface area contributed by atoms with Gasteiger partial charge in [0.25, 0.3) is 0 Å². The summed E-state index contributed by atoms with van der Waals surface area (Å²) in [5.74, 6) is -0.298. The monoisotopic (exact) mass is 283 g/mol. The van der Waals surface area contributed by atoms with Gasteiger partial charge in [-0.3, -0.25) is 0 Å². The molecule has 0 aliphatic carbocycles. The highest BCUT2D eigenvalue weighted by molar-refractivity contribution is 9.10. The normalized spacial score (nSPS) is 15.2. The van der Waals surface area contributed by atoms with E-state index >= 15 is 0 Å². The minimum atomic E-state index is -0.298. The van der Waals surface area contributed by atoms with Crippen LogP contribution in [0.4, 0.5) is 5.69 Å². The number of esters is 1. The van der Waals surface area contributed by atoms with Crippen LogP contribution in [-0.4, -0.2) is 26.2 Å². The maximum Gasteiger partial charge on any atom is 0.337 e. The van der Waals surface area contributed by atoms with E-state index in [4.69, 9.17) is 0 Å². The third kappa shape index (κ3) is 2.21. The largest absolute Gasteiger partial charge is 0.465 e. The highest BCUT2D eigenvalue weighted by atomic mass is 79.9. The molecule has 1 aromatic rings. The standard InChI is InChI=1S/C12H14BrNO2/c1-16-12(15)9-4-5-11(10(13)8-9)14-6-2-3-7-14/h4-5,8H,2-3,6-7H2,1H3. The van der Waals surface area contributed by atoms with Crippen molar-refractivity contribution in [1.29, 1.82) is 0 Å². The first-order valence-corrected chi connectivity index (χ1v) is 6.14. The first kappa shape index (κ1) is 11.5. The topological polar surface area (TPSA) is 29.5 Å². The molecular weight excluding hydrogens is 270 g/mol. The lowest BCUT2D eigenvalue weighted by molar-refractivity contribution is 0.0600. The third-order valence-electron chi connectivity index (χ3n) is 2.82. The van der Waals surface area contributed by atoms with Crippen LogP contribution < -0.4 is 4.90 Å². The molecule has 16 heavy (non-hydrogen) atoms. The van der Waals surface area contributed by atoms with Crippen molar-refractivity contribution in [3.05, 3.63) is 28.2 Å². The molecular formula is C12H14BrNO2. The molecule has 0 spiro atoms. The number of rotatable bonds is 2. The van der Waals surface area contributed by atoms with E-state index in [1.807, 2.05) is 18.2 Å². The average molecular weight is 284 g/mol. The van der Waals surface area contributed by atoms with Gasteiger partial charge in [-0.2, -0.15) is 0 Å². The lowest BCUT2D eigenvalue weighted by Gasteiger charge is -2.19. The number of hydrogen-bond donors (Lipinski definition) is 0. The van der Waals surface area contributed by atoms with Gasteiger partial charge in [0, 0.05) is 17.6 Å². The molecule has 1 aliphatic heterocycles. The minimum absolute atomic E-state index is 0.298. The molecule has 0 bridgehead atoms. The van der Waals surface area contributed by atoms with Crippen molar-refractivity contribution in [1.82, 2.24) is 0 Å². The maximum atomic E-state index is 11.3. The number of methoxy groups -OCH3 is 1. The summed E-state index contributed by atoms with van der Waals surface area (Å²) in [4.78, 5) is 13.7. The van der Waals surface area contributed by atoms with Crippen molar-refractivity contribution in [3.8, 4) is 0 Å². The first-order chi connectivity index (χ1) is 7.72. The molecule has 0 amide bonds. The molecule has 1 fully saturated rings. The summed E-state index contributed by atoms with van der Waals surface area (Å²) in [6, 6.07) is 5.60. The molecule has 86 valence electrons. The Hall–Kier alpha value is -1.03. The Kier molecular flexibility index (Phi) is 3.49. The predicted molar refractivity (Wildman–Crippen MR) is 66.9 cm³/mol. The van der Waals surface area contributed by atoms with Gasteiger partial charge in [-0.15, -0.1) is 0 Å². The number of halogens is 1. The number of hydrogen-bond acceptors (Lipinski definition) is 3. The second kappa shape index (κ2) is 4.87. The van der Waals surface area contributed by atoms with E-state index in [9.17, 15) is 4.79 Å². The van der Waals surface area contributed by atoms with Crippen LogP contribution in [0.3, 0.4) is 0 Å². The van der Waals surface area contributed by atoms with Crippen molar-refractivity contribution in [2.45, 2.75) is 12.8 Å². The average Bonchev–Trinajstić information content (AvgIpc) is 2.81. The van der Waals surface area contributed by atoms with Crippen LogP contribution in [0, 0.1) is 0 Å². The molecule has 0 aromatic heterocycles. The number of carbonyl (C=O) groups is 1. The number of carbonyl (C=O) groups excluding carboxylic acids is 1. The molecule has 0 unspecified atom stereocenters. The molecule has 0 atom stereocenters. The summed E-state index contributed by atoms with van der Waals surface area (Å²) >= 11 is 3.51. The van der Waals surface area contributed by atoms with Gasteiger partial charge < -0.3 is 9.64 Å². The molecule has 0 radical (unpaired) electrons. The summed E-state index contributed by atoms with van der Waals surface area (Å²) in [7, 11) is 1.39. The number of benzene rings is 1. The van der Waals surface area contributed by atoms with E-state index in [0.29, 0.717) is 5.56 Å². The van der Waals surface area contributed by atoms with Crippen molar-refractivity contribution >= 4 is 27.6 Å². The molecule has 0 N–H and O–H groups in total. The van der Waals surface area contributed by atoms with Crippen LogP contribution >= 0.6 is 15.9 Å². The number of ether oxygens (including phenoxy) is 1. The molecule has 1 saturated heterocycles. The summed E-state index contributed by atoms with van der Waals surface area (Å²) in [6.07, 6.45) is 2.48. The van der Waals surface area contributed by atoms with E-state index in [-0.39, 0.29) is 5.97 Å². The summed E-state index contributed by atoms with van der Waals surface area (Å²) < 4.78 is 5.64.